The third-order valence-electron chi connectivity index (χ3n) is 5.19. The van der Waals surface area contributed by atoms with E-state index in [-0.39, 0.29) is 28.0 Å². The first-order chi connectivity index (χ1) is 13.3. The van der Waals surface area contributed by atoms with E-state index in [1.54, 1.807) is 4.90 Å². The number of amides is 1. The summed E-state index contributed by atoms with van der Waals surface area (Å²) in [5.74, 6) is -0.450. The second-order valence-electron chi connectivity index (χ2n) is 7.17. The molecule has 1 amide bonds. The van der Waals surface area contributed by atoms with Gasteiger partial charge >= 0.3 is 0 Å². The summed E-state index contributed by atoms with van der Waals surface area (Å²) in [6.45, 7) is 4.69. The SMILES string of the molecule is Cc1ccc(C(=O)C2CCN(C(=O)c3ccc(Cl)cc3[N+](=O)[O-])CC2)c(C)c1. The van der Waals surface area contributed by atoms with E-state index in [0.717, 1.165) is 16.7 Å². The number of hydrogen-bond donors (Lipinski definition) is 0. The van der Waals surface area contributed by atoms with Crippen molar-refractivity contribution in [3.8, 4) is 0 Å². The number of nitro benzene ring substituents is 1. The number of Topliss-reactive ketones (excluding diaryl/α,β-unsaturated/α-hetero) is 1. The topological polar surface area (TPSA) is 80.5 Å². The van der Waals surface area contributed by atoms with Crippen LogP contribution in [0.25, 0.3) is 0 Å². The van der Waals surface area contributed by atoms with Gasteiger partial charge in [0.2, 0.25) is 0 Å². The average molecular weight is 401 g/mol. The number of nitrogens with zero attached hydrogens (tertiary/aromatic N) is 2. The lowest BCUT2D eigenvalue weighted by Crippen LogP contribution is -2.40. The summed E-state index contributed by atoms with van der Waals surface area (Å²) in [6, 6.07) is 9.82. The van der Waals surface area contributed by atoms with Crippen LogP contribution in [-0.4, -0.2) is 34.6 Å². The van der Waals surface area contributed by atoms with Gasteiger partial charge in [0, 0.05) is 35.7 Å². The second kappa shape index (κ2) is 8.10. The Morgan fingerprint density at radius 3 is 2.32 bits per heavy atom. The Morgan fingerprint density at radius 2 is 1.71 bits per heavy atom. The second-order valence-corrected chi connectivity index (χ2v) is 7.60. The third-order valence-corrected chi connectivity index (χ3v) is 5.42. The van der Waals surface area contributed by atoms with Crippen molar-refractivity contribution in [3.63, 3.8) is 0 Å². The summed E-state index contributed by atoms with van der Waals surface area (Å²) in [5.41, 5.74) is 2.52. The first kappa shape index (κ1) is 20.0. The van der Waals surface area contributed by atoms with Crippen molar-refractivity contribution in [1.82, 2.24) is 4.90 Å². The number of piperidine rings is 1. The van der Waals surface area contributed by atoms with Crippen LogP contribution in [0.5, 0.6) is 0 Å². The van der Waals surface area contributed by atoms with Crippen LogP contribution in [0.15, 0.2) is 36.4 Å². The van der Waals surface area contributed by atoms with Gasteiger partial charge in [-0.3, -0.25) is 19.7 Å². The molecular formula is C21H21ClN2O4. The molecule has 146 valence electrons. The quantitative estimate of drug-likeness (QED) is 0.426. The van der Waals surface area contributed by atoms with Crippen LogP contribution in [0.2, 0.25) is 5.02 Å². The van der Waals surface area contributed by atoms with E-state index in [9.17, 15) is 19.7 Å². The Morgan fingerprint density at radius 1 is 1.07 bits per heavy atom. The maximum absolute atomic E-state index is 12.9. The number of carbonyl (C=O) groups excluding carboxylic acids is 2. The highest BCUT2D eigenvalue weighted by Gasteiger charge is 2.31. The molecule has 2 aromatic rings. The summed E-state index contributed by atoms with van der Waals surface area (Å²) in [4.78, 5) is 37.8. The Labute approximate surface area is 168 Å². The van der Waals surface area contributed by atoms with E-state index in [0.29, 0.717) is 25.9 Å². The number of benzene rings is 2. The molecule has 3 rings (SSSR count). The lowest BCUT2D eigenvalue weighted by atomic mass is 9.86. The summed E-state index contributed by atoms with van der Waals surface area (Å²) >= 11 is 5.82. The molecule has 0 aromatic heterocycles. The van der Waals surface area contributed by atoms with Crippen molar-refractivity contribution in [3.05, 3.63) is 73.8 Å². The van der Waals surface area contributed by atoms with E-state index < -0.39 is 10.8 Å². The predicted octanol–water partition coefficient (Wildman–Crippen LogP) is 4.60. The Kier molecular flexibility index (Phi) is 5.79. The fourth-order valence-electron chi connectivity index (χ4n) is 3.66. The Bertz CT molecular complexity index is 949. The molecule has 0 unspecified atom stereocenters. The van der Waals surface area contributed by atoms with Gasteiger partial charge in [0.25, 0.3) is 11.6 Å². The molecule has 0 radical (unpaired) electrons. The zero-order chi connectivity index (χ0) is 20.4. The molecule has 1 aliphatic heterocycles. The Balaban J connectivity index is 1.71. The summed E-state index contributed by atoms with van der Waals surface area (Å²) in [5, 5.41) is 11.5. The van der Waals surface area contributed by atoms with Crippen molar-refractivity contribution in [2.45, 2.75) is 26.7 Å². The summed E-state index contributed by atoms with van der Waals surface area (Å²) in [7, 11) is 0. The zero-order valence-electron chi connectivity index (χ0n) is 15.8. The van der Waals surface area contributed by atoms with Crippen LogP contribution in [-0.2, 0) is 0 Å². The minimum absolute atomic E-state index is 0.0218. The molecule has 28 heavy (non-hydrogen) atoms. The molecule has 0 N–H and O–H groups in total. The summed E-state index contributed by atoms with van der Waals surface area (Å²) in [6.07, 6.45) is 1.08. The maximum Gasteiger partial charge on any atom is 0.283 e. The molecule has 7 heteroatoms. The first-order valence-corrected chi connectivity index (χ1v) is 9.50. The number of ketones is 1. The van der Waals surface area contributed by atoms with E-state index in [1.165, 1.54) is 18.2 Å². The fraction of sp³-hybridized carbons (Fsp3) is 0.333. The van der Waals surface area contributed by atoms with Crippen LogP contribution in [0.3, 0.4) is 0 Å². The Hall–Kier alpha value is -2.73. The highest BCUT2D eigenvalue weighted by Crippen LogP contribution is 2.28. The number of aryl methyl sites for hydroxylation is 2. The molecule has 2 aromatic carbocycles. The maximum atomic E-state index is 12.9. The molecule has 6 nitrogen and oxygen atoms in total. The van der Waals surface area contributed by atoms with Crippen molar-refractivity contribution < 1.29 is 14.5 Å². The highest BCUT2D eigenvalue weighted by atomic mass is 35.5. The monoisotopic (exact) mass is 400 g/mol. The van der Waals surface area contributed by atoms with Crippen LogP contribution in [0.1, 0.15) is 44.7 Å². The molecule has 0 saturated carbocycles. The van der Waals surface area contributed by atoms with Crippen molar-refractivity contribution in [2.24, 2.45) is 5.92 Å². The van der Waals surface area contributed by atoms with E-state index in [4.69, 9.17) is 11.6 Å². The lowest BCUT2D eigenvalue weighted by molar-refractivity contribution is -0.385. The van der Waals surface area contributed by atoms with E-state index in [2.05, 4.69) is 0 Å². The number of likely N-dealkylation sites (tertiary alicyclic amines) is 1. The average Bonchev–Trinajstić information content (AvgIpc) is 2.67. The molecule has 0 spiro atoms. The predicted molar refractivity (Wildman–Crippen MR) is 107 cm³/mol. The van der Waals surface area contributed by atoms with Gasteiger partial charge < -0.3 is 4.90 Å². The van der Waals surface area contributed by atoms with Gasteiger partial charge in [0.05, 0.1) is 4.92 Å². The minimum atomic E-state index is -0.602. The van der Waals surface area contributed by atoms with Gasteiger partial charge in [-0.25, -0.2) is 0 Å². The van der Waals surface area contributed by atoms with Gasteiger partial charge in [-0.05, 0) is 44.4 Å². The van der Waals surface area contributed by atoms with Crippen LogP contribution in [0, 0.1) is 29.9 Å². The van der Waals surface area contributed by atoms with Crippen molar-refractivity contribution in [2.75, 3.05) is 13.1 Å². The fourth-order valence-corrected chi connectivity index (χ4v) is 3.83. The van der Waals surface area contributed by atoms with Gasteiger partial charge in [0.1, 0.15) is 5.56 Å². The summed E-state index contributed by atoms with van der Waals surface area (Å²) < 4.78 is 0. The molecular weight excluding hydrogens is 380 g/mol. The first-order valence-electron chi connectivity index (χ1n) is 9.12. The van der Waals surface area contributed by atoms with Gasteiger partial charge in [-0.1, -0.05) is 35.4 Å². The molecule has 0 atom stereocenters. The normalized spacial score (nSPS) is 14.8. The number of halogens is 1. The van der Waals surface area contributed by atoms with Crippen molar-refractivity contribution in [1.29, 1.82) is 0 Å². The standard InChI is InChI=1S/C21H21ClN2O4/c1-13-3-5-17(14(2)11-13)20(25)15-7-9-23(10-8-15)21(26)18-6-4-16(22)12-19(18)24(27)28/h3-6,11-12,15H,7-10H2,1-2H3. The largest absolute Gasteiger partial charge is 0.338 e. The van der Waals surface area contributed by atoms with E-state index in [1.807, 2.05) is 32.0 Å². The number of rotatable bonds is 4. The molecule has 1 heterocycles. The molecule has 1 fully saturated rings. The molecule has 1 saturated heterocycles. The highest BCUT2D eigenvalue weighted by molar-refractivity contribution is 6.31. The van der Waals surface area contributed by atoms with Crippen LogP contribution >= 0.6 is 11.6 Å². The lowest BCUT2D eigenvalue weighted by Gasteiger charge is -2.31. The van der Waals surface area contributed by atoms with Crippen LogP contribution < -0.4 is 0 Å². The number of nitro groups is 1. The smallest absolute Gasteiger partial charge is 0.283 e. The third kappa shape index (κ3) is 4.07. The van der Waals surface area contributed by atoms with Gasteiger partial charge in [-0.2, -0.15) is 0 Å². The van der Waals surface area contributed by atoms with Crippen LogP contribution in [0.4, 0.5) is 5.69 Å². The number of hydrogen-bond acceptors (Lipinski definition) is 4. The van der Waals surface area contributed by atoms with Crippen molar-refractivity contribution >= 4 is 29.0 Å². The van der Waals surface area contributed by atoms with E-state index >= 15 is 0 Å². The minimum Gasteiger partial charge on any atom is -0.338 e. The van der Waals surface area contributed by atoms with Gasteiger partial charge in [0.15, 0.2) is 5.78 Å². The number of carbonyl (C=O) groups is 2. The zero-order valence-corrected chi connectivity index (χ0v) is 16.5. The molecule has 0 bridgehead atoms. The molecule has 0 aliphatic carbocycles. The molecule has 1 aliphatic rings. The van der Waals surface area contributed by atoms with Gasteiger partial charge in [-0.15, -0.1) is 0 Å².